The van der Waals surface area contributed by atoms with Crippen molar-refractivity contribution >= 4 is 17.3 Å². The van der Waals surface area contributed by atoms with E-state index in [0.717, 1.165) is 12.8 Å². The molecule has 1 N–H and O–H groups in total. The van der Waals surface area contributed by atoms with Crippen LogP contribution in [0.1, 0.15) is 66.7 Å². The van der Waals surface area contributed by atoms with Crippen molar-refractivity contribution in [1.82, 2.24) is 0 Å². The summed E-state index contributed by atoms with van der Waals surface area (Å²) in [6, 6.07) is 4.57. The number of phenols is 1. The Morgan fingerprint density at radius 1 is 1.04 bits per heavy atom. The van der Waals surface area contributed by atoms with Gasteiger partial charge in [-0.25, -0.2) is 0 Å². The summed E-state index contributed by atoms with van der Waals surface area (Å²) in [4.78, 5) is 38.8. The lowest BCUT2D eigenvalue weighted by Crippen LogP contribution is -2.50. The van der Waals surface area contributed by atoms with Crippen LogP contribution in [0, 0.1) is 29.1 Å². The average molecular weight is 382 g/mol. The third-order valence-corrected chi connectivity index (χ3v) is 8.05. The van der Waals surface area contributed by atoms with E-state index in [9.17, 15) is 19.5 Å². The summed E-state index contributed by atoms with van der Waals surface area (Å²) < 4.78 is 6.46. The molecule has 0 unspecified atom stereocenters. The van der Waals surface area contributed by atoms with Gasteiger partial charge in [0.15, 0.2) is 11.6 Å². The third kappa shape index (κ3) is 2.38. The number of carbonyl (C=O) groups excluding carboxylic acids is 3. The predicted octanol–water partition coefficient (Wildman–Crippen LogP) is 3.58. The Morgan fingerprint density at radius 3 is 2.50 bits per heavy atom. The van der Waals surface area contributed by atoms with Gasteiger partial charge in [-0.3, -0.25) is 14.4 Å². The standard InChI is InChI=1S/C23H26O5/c1-23(2)11-6-7-15(23)17(8-11)28-18-10-12(24)9-14-20(18)22(27)19-13(21(14)26)4-3-5-16(19)25/h3-5,11,14-15,17-18,20,25H,6-10H2,1-2H3/t11-,14-,15+,17+,18-,20+/m1/s1. The first-order valence-corrected chi connectivity index (χ1v) is 10.4. The van der Waals surface area contributed by atoms with E-state index in [1.807, 2.05) is 0 Å². The molecule has 2 bridgehead atoms. The maximum Gasteiger partial charge on any atom is 0.173 e. The molecule has 28 heavy (non-hydrogen) atoms. The van der Waals surface area contributed by atoms with Crippen molar-refractivity contribution in [3.63, 3.8) is 0 Å². The van der Waals surface area contributed by atoms with Gasteiger partial charge in [0.05, 0.1) is 23.7 Å². The molecule has 148 valence electrons. The van der Waals surface area contributed by atoms with E-state index in [-0.39, 0.29) is 58.6 Å². The van der Waals surface area contributed by atoms with Gasteiger partial charge in [-0.2, -0.15) is 0 Å². The number of phenolic OH excluding ortho intramolecular Hbond substituents is 1. The molecule has 4 aliphatic carbocycles. The fraction of sp³-hybridized carbons (Fsp3) is 0.609. The van der Waals surface area contributed by atoms with E-state index in [1.54, 1.807) is 12.1 Å². The molecule has 3 fully saturated rings. The Kier molecular flexibility index (Phi) is 3.86. The Hall–Kier alpha value is -2.01. The zero-order valence-corrected chi connectivity index (χ0v) is 16.3. The van der Waals surface area contributed by atoms with Gasteiger partial charge in [-0.15, -0.1) is 0 Å². The van der Waals surface area contributed by atoms with Gasteiger partial charge in [0.2, 0.25) is 0 Å². The average Bonchev–Trinajstić information content (AvgIpc) is 3.05. The lowest BCUT2D eigenvalue weighted by atomic mass is 9.65. The van der Waals surface area contributed by atoms with Gasteiger partial charge in [0, 0.05) is 24.3 Å². The summed E-state index contributed by atoms with van der Waals surface area (Å²) in [5, 5.41) is 10.2. The number of hydrogen-bond donors (Lipinski definition) is 1. The molecule has 1 aromatic rings. The normalized spacial score (nSPS) is 38.4. The predicted molar refractivity (Wildman–Crippen MR) is 101 cm³/mol. The Balaban J connectivity index is 1.49. The highest BCUT2D eigenvalue weighted by atomic mass is 16.5. The van der Waals surface area contributed by atoms with Crippen molar-refractivity contribution in [3.05, 3.63) is 29.3 Å². The van der Waals surface area contributed by atoms with Crippen LogP contribution < -0.4 is 0 Å². The highest BCUT2D eigenvalue weighted by Gasteiger charge is 2.56. The van der Waals surface area contributed by atoms with Crippen LogP contribution in [0.5, 0.6) is 5.75 Å². The van der Waals surface area contributed by atoms with Gasteiger partial charge in [0.1, 0.15) is 11.5 Å². The van der Waals surface area contributed by atoms with Crippen LogP contribution in [0.15, 0.2) is 18.2 Å². The van der Waals surface area contributed by atoms with Crippen molar-refractivity contribution < 1.29 is 24.2 Å². The molecule has 5 heteroatoms. The zero-order valence-electron chi connectivity index (χ0n) is 16.3. The topological polar surface area (TPSA) is 80.7 Å². The molecular weight excluding hydrogens is 356 g/mol. The molecule has 0 heterocycles. The molecule has 0 radical (unpaired) electrons. The van der Waals surface area contributed by atoms with Gasteiger partial charge in [-0.1, -0.05) is 26.0 Å². The maximum absolute atomic E-state index is 13.3. The van der Waals surface area contributed by atoms with Crippen molar-refractivity contribution in [2.75, 3.05) is 0 Å². The minimum Gasteiger partial charge on any atom is -0.507 e. The molecule has 5 rings (SSSR count). The zero-order chi connectivity index (χ0) is 19.8. The molecule has 1 aromatic carbocycles. The van der Waals surface area contributed by atoms with Crippen LogP contribution >= 0.6 is 0 Å². The summed E-state index contributed by atoms with van der Waals surface area (Å²) in [5.41, 5.74) is 0.561. The second kappa shape index (κ2) is 5.99. The molecule has 0 aliphatic heterocycles. The van der Waals surface area contributed by atoms with Gasteiger partial charge >= 0.3 is 0 Å². The number of benzene rings is 1. The largest absolute Gasteiger partial charge is 0.507 e. The van der Waals surface area contributed by atoms with E-state index in [2.05, 4.69) is 13.8 Å². The van der Waals surface area contributed by atoms with Crippen molar-refractivity contribution in [2.45, 2.75) is 58.2 Å². The van der Waals surface area contributed by atoms with Crippen LogP contribution in [0.3, 0.4) is 0 Å². The fourth-order valence-electron chi connectivity index (χ4n) is 6.51. The van der Waals surface area contributed by atoms with E-state index in [4.69, 9.17) is 4.74 Å². The van der Waals surface area contributed by atoms with E-state index < -0.39 is 17.9 Å². The van der Waals surface area contributed by atoms with E-state index in [1.165, 1.54) is 12.5 Å². The lowest BCUT2D eigenvalue weighted by molar-refractivity contribution is -0.134. The number of carbonyl (C=O) groups is 3. The molecule has 5 nitrogen and oxygen atoms in total. The molecule has 4 aliphatic rings. The lowest BCUT2D eigenvalue weighted by Gasteiger charge is -2.41. The number of hydrogen-bond acceptors (Lipinski definition) is 5. The van der Waals surface area contributed by atoms with Crippen LogP contribution in [0.2, 0.25) is 0 Å². The quantitative estimate of drug-likeness (QED) is 0.846. The monoisotopic (exact) mass is 382 g/mol. The molecule has 6 atom stereocenters. The fourth-order valence-corrected chi connectivity index (χ4v) is 6.51. The molecule has 0 amide bonds. The van der Waals surface area contributed by atoms with Crippen LogP contribution in [-0.4, -0.2) is 34.7 Å². The summed E-state index contributed by atoms with van der Waals surface area (Å²) >= 11 is 0. The van der Waals surface area contributed by atoms with E-state index >= 15 is 0 Å². The highest BCUT2D eigenvalue weighted by molar-refractivity contribution is 6.18. The smallest absolute Gasteiger partial charge is 0.173 e. The van der Waals surface area contributed by atoms with Crippen LogP contribution in [0.4, 0.5) is 0 Å². The number of ketones is 3. The third-order valence-electron chi connectivity index (χ3n) is 8.05. The van der Waals surface area contributed by atoms with Gasteiger partial charge in [-0.05, 0) is 42.6 Å². The number of aromatic hydroxyl groups is 1. The van der Waals surface area contributed by atoms with Crippen LogP contribution in [-0.2, 0) is 9.53 Å². The summed E-state index contributed by atoms with van der Waals surface area (Å²) in [6.07, 6.45) is 3.03. The van der Waals surface area contributed by atoms with E-state index in [0.29, 0.717) is 11.8 Å². The molecule has 0 aromatic heterocycles. The summed E-state index contributed by atoms with van der Waals surface area (Å²) in [7, 11) is 0. The second-order valence-electron chi connectivity index (χ2n) is 9.66. The summed E-state index contributed by atoms with van der Waals surface area (Å²) in [5.74, 6) is -0.936. The minimum atomic E-state index is -0.673. The second-order valence-corrected chi connectivity index (χ2v) is 9.66. The van der Waals surface area contributed by atoms with Crippen molar-refractivity contribution in [2.24, 2.45) is 29.1 Å². The Labute approximate surface area is 164 Å². The Bertz CT molecular complexity index is 885. The van der Waals surface area contributed by atoms with Crippen molar-refractivity contribution in [1.29, 1.82) is 0 Å². The SMILES string of the molecule is CC1(C)[C@@H]2CC[C@H]1[C@@H](O[C@@H]1CC(=O)C[C@H]3C(=O)c4cccc(O)c4C(=O)[C@H]13)C2. The number of rotatable bonds is 2. The summed E-state index contributed by atoms with van der Waals surface area (Å²) in [6.45, 7) is 4.58. The first-order valence-electron chi connectivity index (χ1n) is 10.4. The number of ether oxygens (including phenoxy) is 1. The number of Topliss-reactive ketones (excluding diaryl/α,β-unsaturated/α-hetero) is 3. The van der Waals surface area contributed by atoms with Crippen LogP contribution in [0.25, 0.3) is 0 Å². The van der Waals surface area contributed by atoms with Gasteiger partial charge in [0.25, 0.3) is 0 Å². The first-order chi connectivity index (χ1) is 13.3. The minimum absolute atomic E-state index is 0.0154. The highest BCUT2D eigenvalue weighted by Crippen LogP contribution is 2.59. The first kappa shape index (κ1) is 18.0. The molecular formula is C23H26O5. The van der Waals surface area contributed by atoms with Crippen molar-refractivity contribution in [3.8, 4) is 5.75 Å². The molecule has 3 saturated carbocycles. The molecule has 0 saturated heterocycles. The van der Waals surface area contributed by atoms with Gasteiger partial charge < -0.3 is 9.84 Å². The maximum atomic E-state index is 13.3. The number of fused-ring (bicyclic) bond motifs is 4. The molecule has 0 spiro atoms. The Morgan fingerprint density at radius 2 is 1.82 bits per heavy atom.